The minimum absolute atomic E-state index is 0.606. The van der Waals surface area contributed by atoms with Gasteiger partial charge in [0.25, 0.3) is 0 Å². The van der Waals surface area contributed by atoms with Crippen LogP contribution >= 0.6 is 22.6 Å². The summed E-state index contributed by atoms with van der Waals surface area (Å²) in [4.78, 5) is 4.04. The Bertz CT molecular complexity index is 503. The van der Waals surface area contributed by atoms with E-state index in [1.54, 1.807) is 0 Å². The average Bonchev–Trinajstić information content (AvgIpc) is 2.58. The van der Waals surface area contributed by atoms with E-state index in [9.17, 15) is 0 Å². The Balaban J connectivity index is 2.43. The minimum atomic E-state index is 0.606. The van der Waals surface area contributed by atoms with Gasteiger partial charge in [-0.05, 0) is 47.6 Å². The molecule has 0 bridgehead atoms. The van der Waals surface area contributed by atoms with Crippen molar-refractivity contribution in [3.05, 3.63) is 33.8 Å². The summed E-state index contributed by atoms with van der Waals surface area (Å²) in [6, 6.07) is 4.01. The van der Waals surface area contributed by atoms with Crippen molar-refractivity contribution in [3.63, 3.8) is 0 Å². The lowest BCUT2D eigenvalue weighted by molar-refractivity contribution is 0.475. The average molecular weight is 341 g/mol. The lowest BCUT2D eigenvalue weighted by atomic mass is 10.2. The van der Waals surface area contributed by atoms with Crippen LogP contribution in [0, 0.1) is 16.4 Å². The molecule has 0 spiro atoms. The van der Waals surface area contributed by atoms with E-state index in [0.29, 0.717) is 5.92 Å². The van der Waals surface area contributed by atoms with Crippen molar-refractivity contribution in [2.75, 3.05) is 0 Å². The molecular formula is C13H16IN3. The van der Waals surface area contributed by atoms with Crippen LogP contribution in [0.15, 0.2) is 24.5 Å². The summed E-state index contributed by atoms with van der Waals surface area (Å²) >= 11 is 2.37. The molecule has 0 fully saturated rings. The highest BCUT2D eigenvalue weighted by molar-refractivity contribution is 14.1. The Morgan fingerprint density at radius 1 is 1.29 bits per heavy atom. The molecule has 0 aliphatic carbocycles. The third kappa shape index (κ3) is 2.68. The van der Waals surface area contributed by atoms with Crippen LogP contribution in [0.1, 0.15) is 19.5 Å². The van der Waals surface area contributed by atoms with Gasteiger partial charge in [-0.15, -0.1) is 0 Å². The Labute approximate surface area is 115 Å². The van der Waals surface area contributed by atoms with Crippen molar-refractivity contribution in [3.8, 4) is 11.3 Å². The first-order valence-electron chi connectivity index (χ1n) is 5.73. The fraction of sp³-hybridized carbons (Fsp3) is 0.385. The van der Waals surface area contributed by atoms with Crippen LogP contribution in [-0.2, 0) is 6.54 Å². The molecule has 0 N–H and O–H groups in total. The predicted molar refractivity (Wildman–Crippen MR) is 77.8 cm³/mol. The summed E-state index contributed by atoms with van der Waals surface area (Å²) in [6.07, 6.45) is 3.62. The van der Waals surface area contributed by atoms with E-state index in [0.717, 1.165) is 17.8 Å². The quantitative estimate of drug-likeness (QED) is 0.800. The van der Waals surface area contributed by atoms with Crippen LogP contribution < -0.4 is 0 Å². The Kier molecular flexibility index (Phi) is 3.81. The normalized spacial score (nSPS) is 11.1. The number of aromatic nitrogens is 3. The molecule has 17 heavy (non-hydrogen) atoms. The van der Waals surface area contributed by atoms with Gasteiger partial charge in [0.15, 0.2) is 0 Å². The van der Waals surface area contributed by atoms with Gasteiger partial charge in [-0.2, -0.15) is 5.10 Å². The van der Waals surface area contributed by atoms with Crippen molar-refractivity contribution in [2.24, 2.45) is 5.92 Å². The SMILES string of the molecule is Cc1c(I)c(-c2ccncc2)nn1CC(C)C. The van der Waals surface area contributed by atoms with Gasteiger partial charge in [-0.3, -0.25) is 9.67 Å². The topological polar surface area (TPSA) is 30.7 Å². The molecule has 0 amide bonds. The number of pyridine rings is 1. The molecule has 2 aromatic rings. The number of halogens is 1. The van der Waals surface area contributed by atoms with Crippen molar-refractivity contribution in [2.45, 2.75) is 27.3 Å². The number of hydrogen-bond acceptors (Lipinski definition) is 2. The Morgan fingerprint density at radius 3 is 2.53 bits per heavy atom. The van der Waals surface area contributed by atoms with E-state index in [-0.39, 0.29) is 0 Å². The molecule has 0 unspecified atom stereocenters. The minimum Gasteiger partial charge on any atom is -0.268 e. The smallest absolute Gasteiger partial charge is 0.106 e. The van der Waals surface area contributed by atoms with Gasteiger partial charge < -0.3 is 0 Å². The molecule has 0 atom stereocenters. The maximum atomic E-state index is 4.70. The molecule has 2 aromatic heterocycles. The van der Waals surface area contributed by atoms with Crippen LogP contribution in [0.4, 0.5) is 0 Å². The molecule has 0 aliphatic rings. The van der Waals surface area contributed by atoms with E-state index in [2.05, 4.69) is 53.0 Å². The zero-order valence-corrected chi connectivity index (χ0v) is 12.5. The van der Waals surface area contributed by atoms with Crippen molar-refractivity contribution >= 4 is 22.6 Å². The Morgan fingerprint density at radius 2 is 1.94 bits per heavy atom. The van der Waals surface area contributed by atoms with E-state index in [4.69, 9.17) is 5.10 Å². The molecule has 0 aromatic carbocycles. The van der Waals surface area contributed by atoms with Crippen LogP contribution in [0.2, 0.25) is 0 Å². The van der Waals surface area contributed by atoms with Gasteiger partial charge in [-0.25, -0.2) is 0 Å². The third-order valence-corrected chi connectivity index (χ3v) is 3.92. The predicted octanol–water partition coefficient (Wildman–Crippen LogP) is 3.51. The molecule has 90 valence electrons. The number of nitrogens with zero attached hydrogens (tertiary/aromatic N) is 3. The third-order valence-electron chi connectivity index (χ3n) is 2.63. The summed E-state index contributed by atoms with van der Waals surface area (Å²) in [7, 11) is 0. The van der Waals surface area contributed by atoms with Crippen LogP contribution in [0.3, 0.4) is 0 Å². The first kappa shape index (κ1) is 12.5. The van der Waals surface area contributed by atoms with E-state index < -0.39 is 0 Å². The van der Waals surface area contributed by atoms with Crippen molar-refractivity contribution < 1.29 is 0 Å². The zero-order chi connectivity index (χ0) is 12.4. The number of hydrogen-bond donors (Lipinski definition) is 0. The van der Waals surface area contributed by atoms with Gasteiger partial charge in [0, 0.05) is 30.2 Å². The molecular weight excluding hydrogens is 325 g/mol. The lowest BCUT2D eigenvalue weighted by Gasteiger charge is -2.06. The van der Waals surface area contributed by atoms with Gasteiger partial charge >= 0.3 is 0 Å². The molecule has 0 aliphatic heterocycles. The van der Waals surface area contributed by atoms with E-state index in [1.165, 1.54) is 9.26 Å². The van der Waals surface area contributed by atoms with Crippen LogP contribution in [0.5, 0.6) is 0 Å². The molecule has 0 radical (unpaired) electrons. The highest BCUT2D eigenvalue weighted by atomic mass is 127. The van der Waals surface area contributed by atoms with Crippen LogP contribution in [0.25, 0.3) is 11.3 Å². The second-order valence-electron chi connectivity index (χ2n) is 4.56. The molecule has 3 nitrogen and oxygen atoms in total. The second-order valence-corrected chi connectivity index (χ2v) is 5.64. The van der Waals surface area contributed by atoms with Gasteiger partial charge in [-0.1, -0.05) is 13.8 Å². The molecule has 0 saturated heterocycles. The first-order chi connectivity index (χ1) is 8.09. The molecule has 2 heterocycles. The maximum absolute atomic E-state index is 4.70. The van der Waals surface area contributed by atoms with Crippen LogP contribution in [-0.4, -0.2) is 14.8 Å². The first-order valence-corrected chi connectivity index (χ1v) is 6.80. The van der Waals surface area contributed by atoms with Crippen molar-refractivity contribution in [1.29, 1.82) is 0 Å². The monoisotopic (exact) mass is 341 g/mol. The van der Waals surface area contributed by atoms with Gasteiger partial charge in [0.2, 0.25) is 0 Å². The number of rotatable bonds is 3. The maximum Gasteiger partial charge on any atom is 0.106 e. The highest BCUT2D eigenvalue weighted by Crippen LogP contribution is 2.26. The summed E-state index contributed by atoms with van der Waals surface area (Å²) in [5.41, 5.74) is 3.44. The standard InChI is InChI=1S/C13H16IN3/c1-9(2)8-17-10(3)12(14)13(16-17)11-4-6-15-7-5-11/h4-7,9H,8H2,1-3H3. The molecule has 0 saturated carbocycles. The second kappa shape index (κ2) is 5.16. The largest absolute Gasteiger partial charge is 0.268 e. The van der Waals surface area contributed by atoms with Gasteiger partial charge in [0.05, 0.1) is 3.57 Å². The van der Waals surface area contributed by atoms with E-state index >= 15 is 0 Å². The fourth-order valence-electron chi connectivity index (χ4n) is 1.74. The fourth-order valence-corrected chi connectivity index (χ4v) is 2.44. The summed E-state index contributed by atoms with van der Waals surface area (Å²) in [5.74, 6) is 0.606. The van der Waals surface area contributed by atoms with E-state index in [1.807, 2.05) is 24.5 Å². The Hall–Kier alpha value is -0.910. The van der Waals surface area contributed by atoms with Crippen molar-refractivity contribution in [1.82, 2.24) is 14.8 Å². The molecule has 4 heteroatoms. The lowest BCUT2D eigenvalue weighted by Crippen LogP contribution is -2.07. The zero-order valence-electron chi connectivity index (χ0n) is 10.3. The summed E-state index contributed by atoms with van der Waals surface area (Å²) in [6.45, 7) is 7.51. The highest BCUT2D eigenvalue weighted by Gasteiger charge is 2.14. The summed E-state index contributed by atoms with van der Waals surface area (Å²) in [5, 5.41) is 4.70. The molecule has 2 rings (SSSR count). The summed E-state index contributed by atoms with van der Waals surface area (Å²) < 4.78 is 3.33. The van der Waals surface area contributed by atoms with Gasteiger partial charge in [0.1, 0.15) is 5.69 Å².